The lowest BCUT2D eigenvalue weighted by Gasteiger charge is -2.07. The van der Waals surface area contributed by atoms with Crippen molar-refractivity contribution in [3.05, 3.63) is 28.2 Å². The standard InChI is InChI=1S/C9H11Cl2NOS/c10-8-2-1-7(3-9(8)11)14-5-6(13)4-12/h1-3,6,13H,4-5,12H2/t6-/m0/s1. The van der Waals surface area contributed by atoms with Crippen molar-refractivity contribution in [2.24, 2.45) is 5.73 Å². The number of aliphatic hydroxyl groups excluding tert-OH is 1. The van der Waals surface area contributed by atoms with E-state index >= 15 is 0 Å². The van der Waals surface area contributed by atoms with Gasteiger partial charge in [-0.2, -0.15) is 0 Å². The Morgan fingerprint density at radius 2 is 2.07 bits per heavy atom. The van der Waals surface area contributed by atoms with E-state index in [2.05, 4.69) is 0 Å². The minimum Gasteiger partial charge on any atom is -0.391 e. The first-order chi connectivity index (χ1) is 6.63. The molecule has 14 heavy (non-hydrogen) atoms. The Bertz CT molecular complexity index is 309. The third-order valence-electron chi connectivity index (χ3n) is 1.61. The highest BCUT2D eigenvalue weighted by molar-refractivity contribution is 7.99. The molecule has 1 atom stereocenters. The van der Waals surface area contributed by atoms with E-state index in [1.165, 1.54) is 11.8 Å². The molecule has 0 aliphatic carbocycles. The molecule has 78 valence electrons. The van der Waals surface area contributed by atoms with Gasteiger partial charge in [-0.1, -0.05) is 23.2 Å². The van der Waals surface area contributed by atoms with Crippen LogP contribution < -0.4 is 5.73 Å². The number of aliphatic hydroxyl groups is 1. The number of thioether (sulfide) groups is 1. The minimum absolute atomic E-state index is 0.272. The van der Waals surface area contributed by atoms with Crippen LogP contribution in [0, 0.1) is 0 Å². The number of nitrogens with two attached hydrogens (primary N) is 1. The average molecular weight is 252 g/mol. The zero-order chi connectivity index (χ0) is 10.6. The molecule has 5 heteroatoms. The van der Waals surface area contributed by atoms with E-state index in [-0.39, 0.29) is 6.54 Å². The third kappa shape index (κ3) is 3.67. The van der Waals surface area contributed by atoms with Gasteiger partial charge in [0.1, 0.15) is 0 Å². The van der Waals surface area contributed by atoms with Gasteiger partial charge >= 0.3 is 0 Å². The molecule has 1 aromatic carbocycles. The molecule has 0 aliphatic rings. The van der Waals surface area contributed by atoms with Crippen molar-refractivity contribution in [3.8, 4) is 0 Å². The molecule has 0 fully saturated rings. The molecule has 0 aliphatic heterocycles. The second-order valence-electron chi connectivity index (χ2n) is 2.78. The van der Waals surface area contributed by atoms with Gasteiger partial charge in [0.15, 0.2) is 0 Å². The molecule has 0 amide bonds. The lowest BCUT2D eigenvalue weighted by Crippen LogP contribution is -2.21. The van der Waals surface area contributed by atoms with Crippen LogP contribution in [0.2, 0.25) is 10.0 Å². The molecule has 0 saturated carbocycles. The van der Waals surface area contributed by atoms with Gasteiger partial charge in [-0.25, -0.2) is 0 Å². The second kappa shape index (κ2) is 5.83. The second-order valence-corrected chi connectivity index (χ2v) is 4.68. The van der Waals surface area contributed by atoms with Gasteiger partial charge in [0.2, 0.25) is 0 Å². The quantitative estimate of drug-likeness (QED) is 0.809. The van der Waals surface area contributed by atoms with Gasteiger partial charge in [-0.15, -0.1) is 11.8 Å². The molecule has 2 nitrogen and oxygen atoms in total. The lowest BCUT2D eigenvalue weighted by molar-refractivity contribution is 0.208. The van der Waals surface area contributed by atoms with Crippen LogP contribution in [-0.4, -0.2) is 23.5 Å². The van der Waals surface area contributed by atoms with Crippen LogP contribution >= 0.6 is 35.0 Å². The molecule has 1 rings (SSSR count). The van der Waals surface area contributed by atoms with Gasteiger partial charge in [-0.05, 0) is 18.2 Å². The van der Waals surface area contributed by atoms with E-state index < -0.39 is 6.10 Å². The van der Waals surface area contributed by atoms with Crippen LogP contribution in [0.5, 0.6) is 0 Å². The molecule has 0 bridgehead atoms. The van der Waals surface area contributed by atoms with E-state index in [1.54, 1.807) is 12.1 Å². The van der Waals surface area contributed by atoms with Gasteiger partial charge in [0.25, 0.3) is 0 Å². The topological polar surface area (TPSA) is 46.2 Å². The summed E-state index contributed by atoms with van der Waals surface area (Å²) in [6.45, 7) is 0.272. The maximum Gasteiger partial charge on any atom is 0.0756 e. The van der Waals surface area contributed by atoms with E-state index in [9.17, 15) is 5.11 Å². The number of halogens is 2. The summed E-state index contributed by atoms with van der Waals surface area (Å²) in [4.78, 5) is 0.979. The summed E-state index contributed by atoms with van der Waals surface area (Å²) in [5.74, 6) is 0.564. The number of hydrogen-bond donors (Lipinski definition) is 2. The van der Waals surface area contributed by atoms with Crippen molar-refractivity contribution in [1.82, 2.24) is 0 Å². The average Bonchev–Trinajstić information content (AvgIpc) is 2.19. The summed E-state index contributed by atoms with van der Waals surface area (Å²) in [6, 6.07) is 5.38. The summed E-state index contributed by atoms with van der Waals surface area (Å²) in [5, 5.41) is 10.3. The smallest absolute Gasteiger partial charge is 0.0756 e. The summed E-state index contributed by atoms with van der Waals surface area (Å²) in [5.41, 5.74) is 5.28. The first kappa shape index (κ1) is 12.1. The predicted molar refractivity (Wildman–Crippen MR) is 62.2 cm³/mol. The Labute approximate surface area is 97.4 Å². The molecule has 0 radical (unpaired) electrons. The van der Waals surface area contributed by atoms with Gasteiger partial charge in [0.05, 0.1) is 16.1 Å². The van der Waals surface area contributed by atoms with Crippen molar-refractivity contribution < 1.29 is 5.11 Å². The summed E-state index contributed by atoms with van der Waals surface area (Å²) >= 11 is 13.1. The largest absolute Gasteiger partial charge is 0.391 e. The highest BCUT2D eigenvalue weighted by Crippen LogP contribution is 2.28. The van der Waals surface area contributed by atoms with Gasteiger partial charge in [0, 0.05) is 17.2 Å². The maximum absolute atomic E-state index is 9.24. The Kier molecular flexibility index (Phi) is 5.06. The first-order valence-electron chi connectivity index (χ1n) is 4.09. The summed E-state index contributed by atoms with van der Waals surface area (Å²) in [7, 11) is 0. The zero-order valence-corrected chi connectivity index (χ0v) is 9.74. The number of benzene rings is 1. The lowest BCUT2D eigenvalue weighted by atomic mass is 10.4. The molecule has 0 spiro atoms. The Morgan fingerprint density at radius 1 is 1.36 bits per heavy atom. The van der Waals surface area contributed by atoms with E-state index in [1.807, 2.05) is 6.07 Å². The van der Waals surface area contributed by atoms with Crippen molar-refractivity contribution in [2.75, 3.05) is 12.3 Å². The fraction of sp³-hybridized carbons (Fsp3) is 0.333. The van der Waals surface area contributed by atoms with Gasteiger partial charge in [-0.3, -0.25) is 0 Å². The molecule has 0 heterocycles. The van der Waals surface area contributed by atoms with Crippen LogP contribution in [0.4, 0.5) is 0 Å². The monoisotopic (exact) mass is 251 g/mol. The van der Waals surface area contributed by atoms with Crippen molar-refractivity contribution in [2.45, 2.75) is 11.0 Å². The van der Waals surface area contributed by atoms with Crippen LogP contribution in [0.15, 0.2) is 23.1 Å². The predicted octanol–water partition coefficient (Wildman–Crippen LogP) is 2.41. The van der Waals surface area contributed by atoms with E-state index in [0.717, 1.165) is 4.90 Å². The van der Waals surface area contributed by atoms with Crippen molar-refractivity contribution >= 4 is 35.0 Å². The summed E-state index contributed by atoms with van der Waals surface area (Å²) in [6.07, 6.45) is -0.477. The fourth-order valence-corrected chi connectivity index (χ4v) is 2.08. The molecule has 0 unspecified atom stereocenters. The number of rotatable bonds is 4. The Balaban J connectivity index is 2.55. The summed E-state index contributed by atoms with van der Waals surface area (Å²) < 4.78 is 0. The van der Waals surface area contributed by atoms with E-state index in [4.69, 9.17) is 28.9 Å². The molecular formula is C9H11Cl2NOS. The van der Waals surface area contributed by atoms with Crippen molar-refractivity contribution in [3.63, 3.8) is 0 Å². The fourth-order valence-electron chi connectivity index (χ4n) is 0.827. The van der Waals surface area contributed by atoms with Crippen LogP contribution in [0.3, 0.4) is 0 Å². The third-order valence-corrected chi connectivity index (χ3v) is 3.48. The zero-order valence-electron chi connectivity index (χ0n) is 7.41. The normalized spacial score (nSPS) is 12.9. The molecule has 0 saturated heterocycles. The Morgan fingerprint density at radius 3 is 2.64 bits per heavy atom. The molecule has 1 aromatic rings. The van der Waals surface area contributed by atoms with Gasteiger partial charge < -0.3 is 10.8 Å². The SMILES string of the molecule is NC[C@H](O)CSc1ccc(Cl)c(Cl)c1. The van der Waals surface area contributed by atoms with Crippen LogP contribution in [0.25, 0.3) is 0 Å². The van der Waals surface area contributed by atoms with Crippen molar-refractivity contribution in [1.29, 1.82) is 0 Å². The van der Waals surface area contributed by atoms with Crippen LogP contribution in [0.1, 0.15) is 0 Å². The minimum atomic E-state index is -0.477. The van der Waals surface area contributed by atoms with Crippen LogP contribution in [-0.2, 0) is 0 Å². The number of hydrogen-bond acceptors (Lipinski definition) is 3. The molecular weight excluding hydrogens is 241 g/mol. The first-order valence-corrected chi connectivity index (χ1v) is 5.83. The highest BCUT2D eigenvalue weighted by Gasteiger charge is 2.04. The molecule has 3 N–H and O–H groups in total. The van der Waals surface area contributed by atoms with E-state index in [0.29, 0.717) is 15.8 Å². The Hall–Kier alpha value is 0.0700. The molecule has 0 aromatic heterocycles. The highest BCUT2D eigenvalue weighted by atomic mass is 35.5. The maximum atomic E-state index is 9.24.